The van der Waals surface area contributed by atoms with Crippen LogP contribution in [-0.2, 0) is 0 Å². The van der Waals surface area contributed by atoms with Crippen LogP contribution in [0.25, 0.3) is 0 Å². The minimum absolute atomic E-state index is 0.119. The third-order valence-corrected chi connectivity index (χ3v) is 2.82. The van der Waals surface area contributed by atoms with Crippen LogP contribution in [0.5, 0.6) is 0 Å². The second-order valence-electron chi connectivity index (χ2n) is 4.07. The summed E-state index contributed by atoms with van der Waals surface area (Å²) >= 11 is 0. The molecule has 0 aromatic heterocycles. The Bertz CT molecular complexity index is 511. The first-order valence-electron chi connectivity index (χ1n) is 5.95. The number of halogens is 2. The van der Waals surface area contributed by atoms with Crippen LogP contribution >= 0.6 is 0 Å². The number of hydrogen-bond donors (Lipinski definition) is 1. The van der Waals surface area contributed by atoms with Gasteiger partial charge in [-0.05, 0) is 29.8 Å². The van der Waals surface area contributed by atoms with Crippen LogP contribution in [0.1, 0.15) is 24.1 Å². The average molecular weight is 247 g/mol. The monoisotopic (exact) mass is 247 g/mol. The second-order valence-corrected chi connectivity index (χ2v) is 4.07. The summed E-state index contributed by atoms with van der Waals surface area (Å²) < 4.78 is 26.2. The average Bonchev–Trinajstić information content (AvgIpc) is 2.40. The lowest BCUT2D eigenvalue weighted by molar-refractivity contribution is 0.504. The SMILES string of the molecule is CCNC(c1ccccc1)c1ccc(F)c(F)c1. The Labute approximate surface area is 105 Å². The maximum absolute atomic E-state index is 13.3. The Morgan fingerprint density at radius 3 is 2.28 bits per heavy atom. The molecule has 1 atom stereocenters. The molecule has 3 heteroatoms. The highest BCUT2D eigenvalue weighted by molar-refractivity contribution is 5.32. The van der Waals surface area contributed by atoms with Crippen LogP contribution in [0, 0.1) is 11.6 Å². The van der Waals surface area contributed by atoms with E-state index in [4.69, 9.17) is 0 Å². The van der Waals surface area contributed by atoms with Crippen LogP contribution in [-0.4, -0.2) is 6.54 Å². The van der Waals surface area contributed by atoms with Crippen molar-refractivity contribution in [1.29, 1.82) is 0 Å². The Balaban J connectivity index is 2.38. The highest BCUT2D eigenvalue weighted by Gasteiger charge is 2.14. The van der Waals surface area contributed by atoms with Crippen LogP contribution < -0.4 is 5.32 Å². The molecule has 0 spiro atoms. The molecule has 0 bridgehead atoms. The van der Waals surface area contributed by atoms with E-state index >= 15 is 0 Å². The van der Waals surface area contributed by atoms with Gasteiger partial charge in [0.25, 0.3) is 0 Å². The summed E-state index contributed by atoms with van der Waals surface area (Å²) in [7, 11) is 0. The Morgan fingerprint density at radius 1 is 0.944 bits per heavy atom. The molecule has 2 aromatic carbocycles. The first-order valence-corrected chi connectivity index (χ1v) is 5.95. The highest BCUT2D eigenvalue weighted by Crippen LogP contribution is 2.23. The zero-order valence-corrected chi connectivity index (χ0v) is 10.2. The van der Waals surface area contributed by atoms with Crippen LogP contribution in [0.3, 0.4) is 0 Å². The Hall–Kier alpha value is -1.74. The zero-order chi connectivity index (χ0) is 13.0. The van der Waals surface area contributed by atoms with E-state index in [-0.39, 0.29) is 6.04 Å². The van der Waals surface area contributed by atoms with Gasteiger partial charge < -0.3 is 5.32 Å². The molecule has 0 saturated carbocycles. The van der Waals surface area contributed by atoms with Crippen molar-refractivity contribution in [2.45, 2.75) is 13.0 Å². The van der Waals surface area contributed by atoms with E-state index in [1.165, 1.54) is 6.07 Å². The van der Waals surface area contributed by atoms with E-state index in [1.807, 2.05) is 37.3 Å². The molecule has 0 aliphatic rings. The predicted molar refractivity (Wildman–Crippen MR) is 68.3 cm³/mol. The summed E-state index contributed by atoms with van der Waals surface area (Å²) in [6.45, 7) is 2.73. The Kier molecular flexibility index (Phi) is 4.05. The minimum Gasteiger partial charge on any atom is -0.307 e. The molecule has 0 heterocycles. The molecule has 2 rings (SSSR count). The van der Waals surface area contributed by atoms with E-state index in [1.54, 1.807) is 6.07 Å². The van der Waals surface area contributed by atoms with Crippen LogP contribution in [0.15, 0.2) is 48.5 Å². The van der Waals surface area contributed by atoms with Crippen molar-refractivity contribution in [2.24, 2.45) is 0 Å². The predicted octanol–water partition coefficient (Wildman–Crippen LogP) is 3.66. The van der Waals surface area contributed by atoms with E-state index < -0.39 is 11.6 Å². The van der Waals surface area contributed by atoms with Crippen molar-refractivity contribution < 1.29 is 8.78 Å². The largest absolute Gasteiger partial charge is 0.307 e. The van der Waals surface area contributed by atoms with Gasteiger partial charge in [-0.2, -0.15) is 0 Å². The molecule has 0 aliphatic heterocycles. The summed E-state index contributed by atoms with van der Waals surface area (Å²) in [6, 6.07) is 13.6. The molecular weight excluding hydrogens is 232 g/mol. The van der Waals surface area contributed by atoms with E-state index in [0.29, 0.717) is 0 Å². The van der Waals surface area contributed by atoms with Gasteiger partial charge in [0.2, 0.25) is 0 Å². The maximum Gasteiger partial charge on any atom is 0.159 e. The van der Waals surface area contributed by atoms with Gasteiger partial charge in [0.1, 0.15) is 0 Å². The minimum atomic E-state index is -0.818. The molecule has 2 aromatic rings. The quantitative estimate of drug-likeness (QED) is 0.869. The van der Waals surface area contributed by atoms with Crippen molar-refractivity contribution in [3.05, 3.63) is 71.3 Å². The van der Waals surface area contributed by atoms with Crippen LogP contribution in [0.4, 0.5) is 8.78 Å². The number of hydrogen-bond acceptors (Lipinski definition) is 1. The summed E-state index contributed by atoms with van der Waals surface area (Å²) in [6.07, 6.45) is 0. The molecule has 0 fully saturated rings. The van der Waals surface area contributed by atoms with E-state index in [2.05, 4.69) is 5.32 Å². The zero-order valence-electron chi connectivity index (χ0n) is 10.2. The van der Waals surface area contributed by atoms with Gasteiger partial charge in [0.05, 0.1) is 6.04 Å². The molecule has 1 unspecified atom stereocenters. The fourth-order valence-electron chi connectivity index (χ4n) is 1.97. The van der Waals surface area contributed by atoms with Gasteiger partial charge >= 0.3 is 0 Å². The first-order chi connectivity index (χ1) is 8.72. The standard InChI is InChI=1S/C15H15F2N/c1-2-18-15(11-6-4-3-5-7-11)12-8-9-13(16)14(17)10-12/h3-10,15,18H,2H2,1H3. The van der Waals surface area contributed by atoms with Gasteiger partial charge in [0.15, 0.2) is 11.6 Å². The molecule has 0 amide bonds. The lowest BCUT2D eigenvalue weighted by Gasteiger charge is -2.19. The van der Waals surface area contributed by atoms with Gasteiger partial charge in [-0.15, -0.1) is 0 Å². The van der Waals surface area contributed by atoms with Crippen molar-refractivity contribution in [1.82, 2.24) is 5.32 Å². The molecule has 94 valence electrons. The molecule has 0 saturated heterocycles. The number of benzene rings is 2. The molecule has 1 N–H and O–H groups in total. The number of rotatable bonds is 4. The van der Waals surface area contributed by atoms with Gasteiger partial charge in [-0.25, -0.2) is 8.78 Å². The summed E-state index contributed by atoms with van der Waals surface area (Å²) in [5.74, 6) is -1.63. The molecule has 1 nitrogen and oxygen atoms in total. The topological polar surface area (TPSA) is 12.0 Å². The fraction of sp³-hybridized carbons (Fsp3) is 0.200. The number of nitrogens with one attached hydrogen (secondary N) is 1. The fourth-order valence-corrected chi connectivity index (χ4v) is 1.97. The maximum atomic E-state index is 13.3. The smallest absolute Gasteiger partial charge is 0.159 e. The first kappa shape index (κ1) is 12.7. The molecular formula is C15H15F2N. The molecule has 18 heavy (non-hydrogen) atoms. The highest BCUT2D eigenvalue weighted by atomic mass is 19.2. The third kappa shape index (κ3) is 2.74. The summed E-state index contributed by atoms with van der Waals surface area (Å²) in [4.78, 5) is 0. The van der Waals surface area contributed by atoms with E-state index in [9.17, 15) is 8.78 Å². The second kappa shape index (κ2) is 5.74. The lowest BCUT2D eigenvalue weighted by atomic mass is 9.98. The summed E-state index contributed by atoms with van der Waals surface area (Å²) in [5, 5.41) is 3.27. The third-order valence-electron chi connectivity index (χ3n) is 2.82. The van der Waals surface area contributed by atoms with Gasteiger partial charge in [0, 0.05) is 0 Å². The molecule has 0 radical (unpaired) electrons. The van der Waals surface area contributed by atoms with E-state index in [0.717, 1.165) is 23.7 Å². The normalized spacial score (nSPS) is 12.4. The molecule has 0 aliphatic carbocycles. The Morgan fingerprint density at radius 2 is 1.67 bits per heavy atom. The van der Waals surface area contributed by atoms with Crippen LogP contribution in [0.2, 0.25) is 0 Å². The van der Waals surface area contributed by atoms with Crippen molar-refractivity contribution in [3.63, 3.8) is 0 Å². The lowest BCUT2D eigenvalue weighted by Crippen LogP contribution is -2.22. The summed E-state index contributed by atoms with van der Waals surface area (Å²) in [5.41, 5.74) is 1.76. The van der Waals surface area contributed by atoms with Crippen molar-refractivity contribution in [3.8, 4) is 0 Å². The van der Waals surface area contributed by atoms with Gasteiger partial charge in [-0.3, -0.25) is 0 Å². The van der Waals surface area contributed by atoms with Crippen molar-refractivity contribution in [2.75, 3.05) is 6.54 Å². The van der Waals surface area contributed by atoms with Crippen molar-refractivity contribution >= 4 is 0 Å². The van der Waals surface area contributed by atoms with Gasteiger partial charge in [-0.1, -0.05) is 43.3 Å².